The van der Waals surface area contributed by atoms with Crippen molar-refractivity contribution in [2.24, 2.45) is 5.92 Å². The summed E-state index contributed by atoms with van der Waals surface area (Å²) < 4.78 is 12.5. The number of amides is 1. The zero-order valence-electron chi connectivity index (χ0n) is 12.3. The number of alkyl halides is 1. The van der Waals surface area contributed by atoms with Gasteiger partial charge in [-0.1, -0.05) is 12.1 Å². The van der Waals surface area contributed by atoms with Crippen LogP contribution < -0.4 is 5.32 Å². The molecule has 1 saturated heterocycles. The summed E-state index contributed by atoms with van der Waals surface area (Å²) in [6, 6.07) is 6.03. The van der Waals surface area contributed by atoms with Gasteiger partial charge >= 0.3 is 0 Å². The predicted octanol–water partition coefficient (Wildman–Crippen LogP) is 2.92. The molecule has 4 heteroatoms. The Kier molecular flexibility index (Phi) is 5.12. The maximum Gasteiger partial charge on any atom is 0.238 e. The monoisotopic (exact) mass is 278 g/mol. The van der Waals surface area contributed by atoms with Crippen molar-refractivity contribution in [2.75, 3.05) is 31.6 Å². The van der Waals surface area contributed by atoms with E-state index in [1.165, 1.54) is 0 Å². The highest BCUT2D eigenvalue weighted by Crippen LogP contribution is 2.18. The van der Waals surface area contributed by atoms with E-state index < -0.39 is 0 Å². The number of hydrogen-bond donors (Lipinski definition) is 1. The van der Waals surface area contributed by atoms with Crippen molar-refractivity contribution < 1.29 is 9.18 Å². The van der Waals surface area contributed by atoms with Crippen molar-refractivity contribution in [3.63, 3.8) is 0 Å². The van der Waals surface area contributed by atoms with E-state index in [1.54, 1.807) is 0 Å². The molecule has 1 aromatic rings. The van der Waals surface area contributed by atoms with Crippen LogP contribution in [0, 0.1) is 19.8 Å². The number of rotatable bonds is 4. The zero-order valence-corrected chi connectivity index (χ0v) is 12.3. The number of likely N-dealkylation sites (tertiary alicyclic amines) is 1. The maximum absolute atomic E-state index is 12.5. The van der Waals surface area contributed by atoms with E-state index in [1.807, 2.05) is 32.0 Å². The summed E-state index contributed by atoms with van der Waals surface area (Å²) in [6.07, 6.45) is 1.71. The van der Waals surface area contributed by atoms with Crippen LogP contribution in [0.25, 0.3) is 0 Å². The molecule has 1 N–H and O–H groups in total. The lowest BCUT2D eigenvalue weighted by atomic mass is 9.98. The molecule has 1 aliphatic heterocycles. The Morgan fingerprint density at radius 3 is 2.70 bits per heavy atom. The fourth-order valence-corrected chi connectivity index (χ4v) is 2.56. The van der Waals surface area contributed by atoms with Crippen LogP contribution in [0.15, 0.2) is 18.2 Å². The lowest BCUT2D eigenvalue weighted by Crippen LogP contribution is -2.39. The molecule has 0 bridgehead atoms. The molecule has 110 valence electrons. The quantitative estimate of drug-likeness (QED) is 0.918. The van der Waals surface area contributed by atoms with Gasteiger partial charge < -0.3 is 5.32 Å². The molecule has 1 aromatic carbocycles. The van der Waals surface area contributed by atoms with E-state index in [0.717, 1.165) is 42.7 Å². The lowest BCUT2D eigenvalue weighted by Gasteiger charge is -2.30. The first-order valence-corrected chi connectivity index (χ1v) is 7.24. The molecule has 1 fully saturated rings. The molecule has 0 unspecified atom stereocenters. The maximum atomic E-state index is 12.5. The molecule has 0 spiro atoms. The van der Waals surface area contributed by atoms with Crippen LogP contribution in [0.1, 0.15) is 24.0 Å². The average Bonchev–Trinajstić information content (AvgIpc) is 2.43. The van der Waals surface area contributed by atoms with Crippen molar-refractivity contribution in [2.45, 2.75) is 26.7 Å². The van der Waals surface area contributed by atoms with Gasteiger partial charge in [-0.25, -0.2) is 0 Å². The highest BCUT2D eigenvalue weighted by atomic mass is 19.1. The van der Waals surface area contributed by atoms with E-state index in [2.05, 4.69) is 10.2 Å². The molecule has 0 aromatic heterocycles. The third-order valence-electron chi connectivity index (χ3n) is 3.96. The topological polar surface area (TPSA) is 32.3 Å². The third kappa shape index (κ3) is 4.04. The van der Waals surface area contributed by atoms with Crippen molar-refractivity contribution in [1.29, 1.82) is 0 Å². The molecule has 0 aliphatic carbocycles. The Morgan fingerprint density at radius 2 is 2.05 bits per heavy atom. The molecule has 0 radical (unpaired) electrons. The Balaban J connectivity index is 1.85. The number of anilines is 1. The standard InChI is InChI=1S/C16H23FN2O/c1-12-3-4-13(2)15(9-12)18-16(20)11-19-7-5-14(10-17)6-8-19/h3-4,9,14H,5-8,10-11H2,1-2H3,(H,18,20). The van der Waals surface area contributed by atoms with E-state index in [0.29, 0.717) is 6.54 Å². The number of hydrogen-bond acceptors (Lipinski definition) is 2. The molecule has 0 saturated carbocycles. The van der Waals surface area contributed by atoms with Crippen molar-refractivity contribution in [1.82, 2.24) is 4.90 Å². The van der Waals surface area contributed by atoms with Crippen LogP contribution >= 0.6 is 0 Å². The SMILES string of the molecule is Cc1ccc(C)c(NC(=O)CN2CCC(CF)CC2)c1. The number of piperidine rings is 1. The van der Waals surface area contributed by atoms with Crippen molar-refractivity contribution in [3.05, 3.63) is 29.3 Å². The van der Waals surface area contributed by atoms with Crippen LogP contribution in [0.2, 0.25) is 0 Å². The molecule has 0 atom stereocenters. The van der Waals surface area contributed by atoms with Crippen LogP contribution in [-0.4, -0.2) is 37.1 Å². The molecule has 1 heterocycles. The van der Waals surface area contributed by atoms with Crippen LogP contribution in [0.4, 0.5) is 10.1 Å². The van der Waals surface area contributed by atoms with Gasteiger partial charge in [0.15, 0.2) is 0 Å². The molecular weight excluding hydrogens is 255 g/mol. The van der Waals surface area contributed by atoms with Gasteiger partial charge in [-0.3, -0.25) is 14.1 Å². The average molecular weight is 278 g/mol. The molecule has 1 amide bonds. The van der Waals surface area contributed by atoms with Crippen molar-refractivity contribution in [3.8, 4) is 0 Å². The van der Waals surface area contributed by atoms with Gasteiger partial charge in [-0.15, -0.1) is 0 Å². The number of nitrogens with zero attached hydrogens (tertiary/aromatic N) is 1. The Bertz CT molecular complexity index is 468. The molecule has 1 aliphatic rings. The molecule has 2 rings (SSSR count). The molecule has 20 heavy (non-hydrogen) atoms. The van der Waals surface area contributed by atoms with E-state index in [9.17, 15) is 9.18 Å². The summed E-state index contributed by atoms with van der Waals surface area (Å²) in [5.41, 5.74) is 3.09. The van der Waals surface area contributed by atoms with E-state index in [4.69, 9.17) is 0 Å². The number of halogens is 1. The number of carbonyl (C=O) groups excluding carboxylic acids is 1. The fraction of sp³-hybridized carbons (Fsp3) is 0.562. The molecular formula is C16H23FN2O. The van der Waals surface area contributed by atoms with Crippen LogP contribution in [-0.2, 0) is 4.79 Å². The van der Waals surface area contributed by atoms with E-state index >= 15 is 0 Å². The smallest absolute Gasteiger partial charge is 0.238 e. The summed E-state index contributed by atoms with van der Waals surface area (Å²) in [5.74, 6) is 0.200. The summed E-state index contributed by atoms with van der Waals surface area (Å²) in [5, 5.41) is 2.97. The van der Waals surface area contributed by atoms with E-state index in [-0.39, 0.29) is 18.5 Å². The second-order valence-corrected chi connectivity index (χ2v) is 5.74. The largest absolute Gasteiger partial charge is 0.325 e. The van der Waals surface area contributed by atoms with Gasteiger partial charge in [0.1, 0.15) is 0 Å². The highest BCUT2D eigenvalue weighted by molar-refractivity contribution is 5.93. The highest BCUT2D eigenvalue weighted by Gasteiger charge is 2.20. The normalized spacial score (nSPS) is 17.1. The Morgan fingerprint density at radius 1 is 1.35 bits per heavy atom. The fourth-order valence-electron chi connectivity index (χ4n) is 2.56. The zero-order chi connectivity index (χ0) is 14.5. The first kappa shape index (κ1) is 15.0. The first-order chi connectivity index (χ1) is 9.58. The van der Waals surface area contributed by atoms with Crippen LogP contribution in [0.3, 0.4) is 0 Å². The van der Waals surface area contributed by atoms with Gasteiger partial charge in [-0.2, -0.15) is 0 Å². The minimum absolute atomic E-state index is 0.0115. The summed E-state index contributed by atoms with van der Waals surface area (Å²) in [4.78, 5) is 14.2. The second kappa shape index (κ2) is 6.84. The first-order valence-electron chi connectivity index (χ1n) is 7.24. The minimum Gasteiger partial charge on any atom is -0.325 e. The van der Waals surface area contributed by atoms with Gasteiger partial charge in [0, 0.05) is 5.69 Å². The number of carbonyl (C=O) groups is 1. The number of aryl methyl sites for hydroxylation is 2. The lowest BCUT2D eigenvalue weighted by molar-refractivity contribution is -0.117. The van der Waals surface area contributed by atoms with Gasteiger partial charge in [0.05, 0.1) is 13.2 Å². The van der Waals surface area contributed by atoms with Gasteiger partial charge in [0.2, 0.25) is 5.91 Å². The summed E-state index contributed by atoms with van der Waals surface area (Å²) in [6.45, 7) is 5.79. The number of benzene rings is 1. The van der Waals surface area contributed by atoms with Crippen molar-refractivity contribution >= 4 is 11.6 Å². The Hall–Kier alpha value is -1.42. The van der Waals surface area contributed by atoms with Gasteiger partial charge in [0.25, 0.3) is 0 Å². The molecule has 3 nitrogen and oxygen atoms in total. The predicted molar refractivity (Wildman–Crippen MR) is 79.7 cm³/mol. The summed E-state index contributed by atoms with van der Waals surface area (Å²) >= 11 is 0. The minimum atomic E-state index is -0.234. The Labute approximate surface area is 120 Å². The number of nitrogens with one attached hydrogen (secondary N) is 1. The second-order valence-electron chi connectivity index (χ2n) is 5.74. The van der Waals surface area contributed by atoms with Crippen LogP contribution in [0.5, 0.6) is 0 Å². The third-order valence-corrected chi connectivity index (χ3v) is 3.96. The van der Waals surface area contributed by atoms with Gasteiger partial charge in [-0.05, 0) is 62.9 Å². The summed E-state index contributed by atoms with van der Waals surface area (Å²) in [7, 11) is 0.